The Balaban J connectivity index is 0.777. The maximum absolute atomic E-state index is 2.48. The zero-order chi connectivity index (χ0) is 53.8. The molecule has 17 rings (SSSR count). The van der Waals surface area contributed by atoms with Gasteiger partial charge in [-0.2, -0.15) is 0 Å². The third kappa shape index (κ3) is 7.46. The molecule has 82 heavy (non-hydrogen) atoms. The van der Waals surface area contributed by atoms with E-state index >= 15 is 0 Å². The van der Waals surface area contributed by atoms with E-state index < -0.39 is 0 Å². The van der Waals surface area contributed by atoms with Crippen molar-refractivity contribution in [3.05, 3.63) is 291 Å². The van der Waals surface area contributed by atoms with Gasteiger partial charge in [0.1, 0.15) is 0 Å². The molecule has 14 aromatic carbocycles. The van der Waals surface area contributed by atoms with Crippen molar-refractivity contribution in [3.8, 4) is 50.2 Å². The van der Waals surface area contributed by atoms with Gasteiger partial charge < -0.3 is 9.47 Å². The Morgan fingerprint density at radius 1 is 0.244 bits per heavy atom. The lowest BCUT2D eigenvalue weighted by Gasteiger charge is -2.26. The van der Waals surface area contributed by atoms with Crippen LogP contribution in [0.1, 0.15) is 0 Å². The standard InChI is InChI=1S/C78H48N2S2/c1-2-14-55(15-3-1)79(57-40-34-51(35-41-57)59-22-13-27-76-77(59)68-21-9-11-26-75(68)81-76)56-38-32-50(33-39-56)54-37-45-73-71(47-54)70-46-53(49-28-30-52(31-29-49)60-23-12-24-67-66-20-8-10-25-74(66)82-78(60)67)36-44-72(70)80(73)58-42-43-65-63-18-5-4-16-61(63)62-17-6-7-19-64(62)69(65)48-58/h1-48H. The van der Waals surface area contributed by atoms with E-state index in [0.717, 1.165) is 28.3 Å². The number of thiophene rings is 2. The predicted molar refractivity (Wildman–Crippen MR) is 356 cm³/mol. The van der Waals surface area contributed by atoms with Crippen molar-refractivity contribution in [1.82, 2.24) is 4.57 Å². The smallest absolute Gasteiger partial charge is 0.0541 e. The first-order valence-corrected chi connectivity index (χ1v) is 29.7. The minimum atomic E-state index is 1.10. The average Bonchev–Trinajstić information content (AvgIpc) is 3.61. The van der Waals surface area contributed by atoms with E-state index in [0.29, 0.717) is 0 Å². The van der Waals surface area contributed by atoms with E-state index in [1.54, 1.807) is 0 Å². The van der Waals surface area contributed by atoms with Gasteiger partial charge in [-0.3, -0.25) is 0 Å². The highest BCUT2D eigenvalue weighted by molar-refractivity contribution is 7.26. The van der Waals surface area contributed by atoms with Gasteiger partial charge in [-0.25, -0.2) is 0 Å². The van der Waals surface area contributed by atoms with Crippen molar-refractivity contribution in [2.24, 2.45) is 0 Å². The number of anilines is 3. The molecule has 0 atom stereocenters. The molecule has 0 bridgehead atoms. The minimum absolute atomic E-state index is 1.10. The lowest BCUT2D eigenvalue weighted by molar-refractivity contribution is 1.19. The molecule has 382 valence electrons. The number of nitrogens with zero attached hydrogens (tertiary/aromatic N) is 2. The highest BCUT2D eigenvalue weighted by Gasteiger charge is 2.20. The van der Waals surface area contributed by atoms with E-state index in [2.05, 4.69) is 301 Å². The van der Waals surface area contributed by atoms with Gasteiger partial charge in [0.2, 0.25) is 0 Å². The molecule has 0 aliphatic rings. The molecule has 0 aliphatic heterocycles. The van der Waals surface area contributed by atoms with E-state index in [-0.39, 0.29) is 0 Å². The molecule has 2 nitrogen and oxygen atoms in total. The van der Waals surface area contributed by atoms with Crippen LogP contribution in [-0.4, -0.2) is 4.57 Å². The van der Waals surface area contributed by atoms with Crippen LogP contribution in [0.25, 0.3) is 145 Å². The molecule has 3 aromatic heterocycles. The maximum Gasteiger partial charge on any atom is 0.0541 e. The molecular formula is C78H48N2S2. The molecule has 0 fully saturated rings. The van der Waals surface area contributed by atoms with Crippen molar-refractivity contribution in [3.63, 3.8) is 0 Å². The van der Waals surface area contributed by atoms with Gasteiger partial charge in [0.25, 0.3) is 0 Å². The van der Waals surface area contributed by atoms with Crippen LogP contribution in [0.4, 0.5) is 17.1 Å². The number of para-hydroxylation sites is 1. The summed E-state index contributed by atoms with van der Waals surface area (Å²) in [5.41, 5.74) is 16.5. The zero-order valence-electron chi connectivity index (χ0n) is 44.4. The van der Waals surface area contributed by atoms with Gasteiger partial charge in [0.05, 0.1) is 11.0 Å². The van der Waals surface area contributed by atoms with E-state index in [1.807, 2.05) is 22.7 Å². The average molecular weight is 1080 g/mol. The summed E-state index contributed by atoms with van der Waals surface area (Å²) in [7, 11) is 0. The fraction of sp³-hybridized carbons (Fsp3) is 0. The van der Waals surface area contributed by atoms with Gasteiger partial charge in [0.15, 0.2) is 0 Å². The SMILES string of the molecule is c1ccc(N(c2ccc(-c3ccc4c(c3)c3cc(-c5ccc(-c6cccc7c6sc6ccccc67)cc5)ccc3n4-c3ccc4c5ccccc5c5ccccc5c4c3)cc2)c2ccc(-c3cccc4sc5ccccc5c34)cc2)cc1. The van der Waals surface area contributed by atoms with Crippen LogP contribution < -0.4 is 4.90 Å². The first-order valence-electron chi connectivity index (χ1n) is 28.0. The Morgan fingerprint density at radius 3 is 1.33 bits per heavy atom. The van der Waals surface area contributed by atoms with Crippen molar-refractivity contribution in [1.29, 1.82) is 0 Å². The Bertz CT molecular complexity index is 5340. The number of hydrogen-bond donors (Lipinski definition) is 0. The minimum Gasteiger partial charge on any atom is -0.311 e. The Labute approximate surface area is 481 Å². The molecule has 4 heteroatoms. The molecular weight excluding hydrogens is 1030 g/mol. The number of aromatic nitrogens is 1. The lowest BCUT2D eigenvalue weighted by atomic mass is 9.94. The van der Waals surface area contributed by atoms with E-state index in [4.69, 9.17) is 0 Å². The molecule has 0 N–H and O–H groups in total. The van der Waals surface area contributed by atoms with E-state index in [9.17, 15) is 0 Å². The highest BCUT2D eigenvalue weighted by Crippen LogP contribution is 2.45. The van der Waals surface area contributed by atoms with Crippen molar-refractivity contribution in [2.75, 3.05) is 4.90 Å². The molecule has 17 aromatic rings. The van der Waals surface area contributed by atoms with Gasteiger partial charge in [-0.15, -0.1) is 22.7 Å². The summed E-state index contributed by atoms with van der Waals surface area (Å²) >= 11 is 3.75. The van der Waals surface area contributed by atoms with Crippen LogP contribution in [0, 0.1) is 0 Å². The van der Waals surface area contributed by atoms with Crippen molar-refractivity contribution in [2.45, 2.75) is 0 Å². The number of rotatable bonds is 8. The normalized spacial score (nSPS) is 11.9. The zero-order valence-corrected chi connectivity index (χ0v) is 46.1. The van der Waals surface area contributed by atoms with Crippen LogP contribution in [0.15, 0.2) is 291 Å². The maximum atomic E-state index is 2.48. The molecule has 0 amide bonds. The van der Waals surface area contributed by atoms with Gasteiger partial charge in [0, 0.05) is 73.9 Å². The predicted octanol–water partition coefficient (Wildman–Crippen LogP) is 23.1. The molecule has 3 heterocycles. The van der Waals surface area contributed by atoms with Gasteiger partial charge in [-0.05, 0) is 168 Å². The van der Waals surface area contributed by atoms with Gasteiger partial charge in [-0.1, -0.05) is 200 Å². The molecule has 0 radical (unpaired) electrons. The first kappa shape index (κ1) is 46.8. The molecule has 0 saturated carbocycles. The fourth-order valence-electron chi connectivity index (χ4n) is 13.1. The second-order valence-electron chi connectivity index (χ2n) is 21.5. The van der Waals surface area contributed by atoms with Crippen LogP contribution in [0.2, 0.25) is 0 Å². The third-order valence-electron chi connectivity index (χ3n) is 17.0. The van der Waals surface area contributed by atoms with E-state index in [1.165, 1.54) is 133 Å². The third-order valence-corrected chi connectivity index (χ3v) is 19.4. The largest absolute Gasteiger partial charge is 0.311 e. The first-order chi connectivity index (χ1) is 40.6. The molecule has 0 aliphatic carbocycles. The van der Waals surface area contributed by atoms with Crippen LogP contribution in [-0.2, 0) is 0 Å². The van der Waals surface area contributed by atoms with Crippen molar-refractivity contribution >= 4 is 134 Å². The van der Waals surface area contributed by atoms with Gasteiger partial charge >= 0.3 is 0 Å². The van der Waals surface area contributed by atoms with Crippen LogP contribution in [0.5, 0.6) is 0 Å². The summed E-state index contributed by atoms with van der Waals surface area (Å²) in [6.07, 6.45) is 0. The summed E-state index contributed by atoms with van der Waals surface area (Å²) in [5, 5.41) is 15.3. The molecule has 0 saturated heterocycles. The quantitative estimate of drug-likeness (QED) is 0.138. The summed E-state index contributed by atoms with van der Waals surface area (Å²) in [4.78, 5) is 2.36. The van der Waals surface area contributed by atoms with Crippen molar-refractivity contribution < 1.29 is 0 Å². The number of benzene rings is 14. The monoisotopic (exact) mass is 1080 g/mol. The summed E-state index contributed by atoms with van der Waals surface area (Å²) < 4.78 is 7.77. The van der Waals surface area contributed by atoms with Crippen LogP contribution in [0.3, 0.4) is 0 Å². The fourth-order valence-corrected chi connectivity index (χ4v) is 15.5. The summed E-state index contributed by atoms with van der Waals surface area (Å²) in [6.45, 7) is 0. The Hall–Kier alpha value is -10.1. The highest BCUT2D eigenvalue weighted by atomic mass is 32.1. The van der Waals surface area contributed by atoms with Crippen LogP contribution >= 0.6 is 22.7 Å². The lowest BCUT2D eigenvalue weighted by Crippen LogP contribution is -2.09. The topological polar surface area (TPSA) is 8.17 Å². The Kier molecular flexibility index (Phi) is 10.7. The molecule has 0 unspecified atom stereocenters. The Morgan fingerprint density at radius 2 is 0.683 bits per heavy atom. The second-order valence-corrected chi connectivity index (χ2v) is 23.7. The summed E-state index contributed by atoms with van der Waals surface area (Å²) in [6, 6.07) is 108. The summed E-state index contributed by atoms with van der Waals surface area (Å²) in [5.74, 6) is 0. The molecule has 0 spiro atoms. The number of fused-ring (bicyclic) bond motifs is 15. The second kappa shape index (κ2) is 18.8. The number of hydrogen-bond acceptors (Lipinski definition) is 3.